The average molecular weight is 435 g/mol. The Hall–Kier alpha value is -2.04. The number of nitrogens with zero attached hydrogens (tertiary/aromatic N) is 1. The number of ether oxygens (including phenoxy) is 4. The Morgan fingerprint density at radius 3 is 2.43 bits per heavy atom. The molecule has 2 fully saturated rings. The number of hydrogen-bond acceptors (Lipinski definition) is 6. The summed E-state index contributed by atoms with van der Waals surface area (Å²) < 4.78 is 53.9. The van der Waals surface area contributed by atoms with Crippen molar-refractivity contribution in [1.29, 1.82) is 0 Å². The van der Waals surface area contributed by atoms with Gasteiger partial charge in [-0.05, 0) is 37.0 Å². The highest BCUT2D eigenvalue weighted by Gasteiger charge is 2.42. The number of alkyl halides is 3. The molecule has 1 aromatic carbocycles. The van der Waals surface area contributed by atoms with E-state index in [1.54, 1.807) is 21.3 Å². The number of hydrogen-bond donors (Lipinski definition) is 1. The highest BCUT2D eigenvalue weighted by Crippen LogP contribution is 2.32. The number of halogens is 3. The van der Waals surface area contributed by atoms with Crippen molar-refractivity contribution in [1.82, 2.24) is 4.90 Å². The lowest BCUT2D eigenvalue weighted by Gasteiger charge is -2.39. The molecule has 0 spiro atoms. The summed E-state index contributed by atoms with van der Waals surface area (Å²) in [5.74, 6) is -1.18. The summed E-state index contributed by atoms with van der Waals surface area (Å²) in [6.45, 7) is 2.84. The van der Waals surface area contributed by atoms with E-state index in [-0.39, 0.29) is 12.2 Å². The molecule has 0 aromatic heterocycles. The lowest BCUT2D eigenvalue weighted by atomic mass is 10.1. The molecule has 170 valence electrons. The summed E-state index contributed by atoms with van der Waals surface area (Å²) in [4.78, 5) is 11.5. The molecule has 0 bridgehead atoms. The smallest absolute Gasteiger partial charge is 0.490 e. The highest BCUT2D eigenvalue weighted by atomic mass is 19.4. The monoisotopic (exact) mass is 435 g/mol. The van der Waals surface area contributed by atoms with Crippen LogP contribution in [0.15, 0.2) is 18.2 Å². The van der Waals surface area contributed by atoms with Crippen LogP contribution in [0.4, 0.5) is 13.2 Å². The van der Waals surface area contributed by atoms with Gasteiger partial charge in [0.15, 0.2) is 11.5 Å². The van der Waals surface area contributed by atoms with Crippen LogP contribution in [0.3, 0.4) is 0 Å². The second kappa shape index (κ2) is 10.8. The molecule has 1 aromatic rings. The van der Waals surface area contributed by atoms with E-state index in [9.17, 15) is 13.2 Å². The van der Waals surface area contributed by atoms with E-state index in [1.165, 1.54) is 5.56 Å². The molecular formula is C20H28F3NO6. The quantitative estimate of drug-likeness (QED) is 0.736. The van der Waals surface area contributed by atoms with Gasteiger partial charge in [-0.1, -0.05) is 6.07 Å². The fourth-order valence-electron chi connectivity index (χ4n) is 3.83. The number of carbonyl (C=O) groups is 1. The van der Waals surface area contributed by atoms with Crippen LogP contribution in [0, 0.1) is 0 Å². The molecule has 3 atom stereocenters. The van der Waals surface area contributed by atoms with Crippen LogP contribution in [0.2, 0.25) is 0 Å². The van der Waals surface area contributed by atoms with Crippen LogP contribution < -0.4 is 9.47 Å². The minimum Gasteiger partial charge on any atom is -0.493 e. The second-order valence-corrected chi connectivity index (χ2v) is 7.03. The molecule has 1 N–H and O–H groups in total. The Bertz CT molecular complexity index is 700. The summed E-state index contributed by atoms with van der Waals surface area (Å²) in [7, 11) is 5.13. The van der Waals surface area contributed by atoms with Gasteiger partial charge in [0.2, 0.25) is 0 Å². The predicted molar refractivity (Wildman–Crippen MR) is 102 cm³/mol. The molecule has 1 heterocycles. The fourth-order valence-corrected chi connectivity index (χ4v) is 3.83. The maximum atomic E-state index is 10.6. The van der Waals surface area contributed by atoms with E-state index >= 15 is 0 Å². The van der Waals surface area contributed by atoms with Crippen molar-refractivity contribution in [2.24, 2.45) is 0 Å². The minimum atomic E-state index is -5.08. The van der Waals surface area contributed by atoms with Gasteiger partial charge in [0.25, 0.3) is 0 Å². The summed E-state index contributed by atoms with van der Waals surface area (Å²) in [5, 5.41) is 7.12. The summed E-state index contributed by atoms with van der Waals surface area (Å²) >= 11 is 0. The van der Waals surface area contributed by atoms with Crippen molar-refractivity contribution < 1.29 is 42.0 Å². The number of aliphatic carboxylic acids is 1. The Morgan fingerprint density at radius 2 is 1.87 bits per heavy atom. The van der Waals surface area contributed by atoms with Crippen LogP contribution in [0.5, 0.6) is 11.5 Å². The van der Waals surface area contributed by atoms with Gasteiger partial charge in [0.1, 0.15) is 0 Å². The maximum Gasteiger partial charge on any atom is 0.490 e. The molecule has 0 unspecified atom stereocenters. The summed E-state index contributed by atoms with van der Waals surface area (Å²) in [6, 6.07) is 6.66. The summed E-state index contributed by atoms with van der Waals surface area (Å²) in [5.41, 5.74) is 1.27. The number of carboxylic acids is 1. The Kier molecular flexibility index (Phi) is 8.75. The summed E-state index contributed by atoms with van der Waals surface area (Å²) in [6.07, 6.45) is -1.34. The standard InChI is InChI=1S/C18H27NO4.C2HF3O2/c1-20-15-6-4-13(12-17(15)22-3)8-9-19-10-11-23-18-14(19)5-7-16(18)21-2;3-2(4,5)1(6)7/h4,6,12,14,16,18H,5,7-11H2,1-3H3;(H,6,7)/t14-,16-,18+;/m0./s1. The first-order chi connectivity index (χ1) is 14.2. The molecule has 1 aliphatic heterocycles. The molecule has 1 saturated carbocycles. The molecule has 1 saturated heterocycles. The molecule has 3 rings (SSSR count). The first-order valence-corrected chi connectivity index (χ1v) is 9.60. The fraction of sp³-hybridized carbons (Fsp3) is 0.650. The van der Waals surface area contributed by atoms with Gasteiger partial charge in [0.05, 0.1) is 33.0 Å². The van der Waals surface area contributed by atoms with Crippen molar-refractivity contribution in [3.8, 4) is 11.5 Å². The van der Waals surface area contributed by atoms with Crippen molar-refractivity contribution in [3.05, 3.63) is 23.8 Å². The Balaban J connectivity index is 0.000000396. The lowest BCUT2D eigenvalue weighted by Crippen LogP contribution is -2.52. The van der Waals surface area contributed by atoms with Crippen molar-refractivity contribution in [3.63, 3.8) is 0 Å². The Labute approximate surface area is 173 Å². The van der Waals surface area contributed by atoms with E-state index in [2.05, 4.69) is 17.0 Å². The van der Waals surface area contributed by atoms with Gasteiger partial charge in [-0.2, -0.15) is 13.2 Å². The largest absolute Gasteiger partial charge is 0.493 e. The SMILES string of the molecule is COc1ccc(CCN2CCO[C@H]3[C@@H](OC)CC[C@@H]32)cc1OC.O=C(O)C(F)(F)F. The lowest BCUT2D eigenvalue weighted by molar-refractivity contribution is -0.192. The zero-order valence-electron chi connectivity index (χ0n) is 17.3. The first kappa shape index (κ1) is 24.2. The van der Waals surface area contributed by atoms with Gasteiger partial charge in [-0.3, -0.25) is 4.90 Å². The van der Waals surface area contributed by atoms with E-state index in [1.807, 2.05) is 6.07 Å². The highest BCUT2D eigenvalue weighted by molar-refractivity contribution is 5.73. The number of morpholine rings is 1. The minimum absolute atomic E-state index is 0.235. The molecule has 0 radical (unpaired) electrons. The molecule has 2 aliphatic rings. The van der Waals surface area contributed by atoms with Gasteiger partial charge in [-0.25, -0.2) is 4.79 Å². The van der Waals surface area contributed by atoms with Crippen molar-refractivity contribution >= 4 is 5.97 Å². The zero-order chi connectivity index (χ0) is 22.3. The third kappa shape index (κ3) is 6.23. The Morgan fingerprint density at radius 1 is 1.20 bits per heavy atom. The topological polar surface area (TPSA) is 77.5 Å². The molecule has 1 aliphatic carbocycles. The van der Waals surface area contributed by atoms with E-state index in [0.717, 1.165) is 50.5 Å². The molecular weight excluding hydrogens is 407 g/mol. The molecule has 7 nitrogen and oxygen atoms in total. The van der Waals surface area contributed by atoms with Gasteiger partial charge >= 0.3 is 12.1 Å². The van der Waals surface area contributed by atoms with Crippen LogP contribution in [0.25, 0.3) is 0 Å². The predicted octanol–water partition coefficient (Wildman–Crippen LogP) is 2.76. The number of carboxylic acid groups (broad SMARTS) is 1. The molecule has 10 heteroatoms. The van der Waals surface area contributed by atoms with Gasteiger partial charge in [-0.15, -0.1) is 0 Å². The van der Waals surface area contributed by atoms with E-state index in [4.69, 9.17) is 28.8 Å². The molecule has 0 amide bonds. The van der Waals surface area contributed by atoms with Crippen molar-refractivity contribution in [2.75, 3.05) is 41.0 Å². The number of methoxy groups -OCH3 is 3. The van der Waals surface area contributed by atoms with Gasteiger partial charge < -0.3 is 24.1 Å². The third-order valence-electron chi connectivity index (χ3n) is 5.33. The maximum absolute atomic E-state index is 10.6. The van der Waals surface area contributed by atoms with Crippen LogP contribution >= 0.6 is 0 Å². The van der Waals surface area contributed by atoms with Crippen LogP contribution in [-0.4, -0.2) is 81.4 Å². The number of rotatable bonds is 6. The first-order valence-electron chi connectivity index (χ1n) is 9.60. The zero-order valence-corrected chi connectivity index (χ0v) is 17.3. The van der Waals surface area contributed by atoms with E-state index < -0.39 is 12.1 Å². The third-order valence-corrected chi connectivity index (χ3v) is 5.33. The van der Waals surface area contributed by atoms with Crippen LogP contribution in [-0.2, 0) is 20.7 Å². The van der Waals surface area contributed by atoms with Crippen LogP contribution in [0.1, 0.15) is 18.4 Å². The normalized spacial score (nSPS) is 23.9. The average Bonchev–Trinajstić information content (AvgIpc) is 3.15. The molecule has 30 heavy (non-hydrogen) atoms. The second-order valence-electron chi connectivity index (χ2n) is 7.03. The van der Waals surface area contributed by atoms with E-state index in [0.29, 0.717) is 6.04 Å². The van der Waals surface area contributed by atoms with Gasteiger partial charge in [0, 0.05) is 26.2 Å². The van der Waals surface area contributed by atoms with Crippen molar-refractivity contribution in [2.45, 2.75) is 43.7 Å². The number of fused-ring (bicyclic) bond motifs is 1. The number of benzene rings is 1.